The highest BCUT2D eigenvalue weighted by molar-refractivity contribution is 6.01. The van der Waals surface area contributed by atoms with Crippen LogP contribution in [0.25, 0.3) is 0 Å². The van der Waals surface area contributed by atoms with Crippen LogP contribution in [0.4, 0.5) is 20.2 Å². The maximum Gasteiger partial charge on any atom is 0.342 e. The van der Waals surface area contributed by atoms with E-state index in [0.717, 1.165) is 6.07 Å². The molecule has 0 atom stereocenters. The fourth-order valence-electron chi connectivity index (χ4n) is 2.96. The second-order valence-electron chi connectivity index (χ2n) is 7.19. The van der Waals surface area contributed by atoms with Gasteiger partial charge in [0.05, 0.1) is 11.3 Å². The number of para-hydroxylation sites is 2. The zero-order chi connectivity index (χ0) is 25.4. The van der Waals surface area contributed by atoms with Gasteiger partial charge in [-0.25, -0.2) is 13.6 Å². The number of nitrogens with one attached hydrogen (secondary N) is 2. The normalized spacial score (nSPS) is 10.3. The van der Waals surface area contributed by atoms with Crippen LogP contribution < -0.4 is 15.4 Å². The number of benzene rings is 3. The average Bonchev–Trinajstić information content (AvgIpc) is 2.82. The minimum Gasteiger partial charge on any atom is -0.483 e. The van der Waals surface area contributed by atoms with Crippen molar-refractivity contribution in [2.45, 2.75) is 6.92 Å². The number of rotatable bonds is 9. The summed E-state index contributed by atoms with van der Waals surface area (Å²) in [6.45, 7) is -0.0196. The molecule has 0 bridgehead atoms. The number of anilines is 2. The van der Waals surface area contributed by atoms with Crippen LogP contribution in [-0.4, -0.2) is 36.8 Å². The van der Waals surface area contributed by atoms with Crippen LogP contribution in [-0.2, 0) is 14.3 Å². The van der Waals surface area contributed by atoms with Gasteiger partial charge in [0.15, 0.2) is 13.2 Å². The van der Waals surface area contributed by atoms with Crippen molar-refractivity contribution in [3.63, 3.8) is 0 Å². The van der Waals surface area contributed by atoms with Crippen LogP contribution in [0.15, 0.2) is 66.7 Å². The van der Waals surface area contributed by atoms with Gasteiger partial charge in [-0.3, -0.25) is 14.4 Å². The van der Waals surface area contributed by atoms with Gasteiger partial charge in [-0.15, -0.1) is 0 Å². The molecule has 0 saturated heterocycles. The largest absolute Gasteiger partial charge is 0.483 e. The van der Waals surface area contributed by atoms with Gasteiger partial charge in [-0.2, -0.15) is 0 Å². The van der Waals surface area contributed by atoms with E-state index >= 15 is 0 Å². The molecular formula is C25H20F2N2O6. The van der Waals surface area contributed by atoms with Gasteiger partial charge in [0.1, 0.15) is 22.9 Å². The lowest BCUT2D eigenvalue weighted by Crippen LogP contribution is -2.22. The first kappa shape index (κ1) is 25.0. The zero-order valence-corrected chi connectivity index (χ0v) is 18.5. The third-order valence-corrected chi connectivity index (χ3v) is 4.54. The van der Waals surface area contributed by atoms with Gasteiger partial charge >= 0.3 is 5.97 Å². The Morgan fingerprint density at radius 3 is 2.23 bits per heavy atom. The molecule has 8 nitrogen and oxygen atoms in total. The Kier molecular flexibility index (Phi) is 8.23. The van der Waals surface area contributed by atoms with Gasteiger partial charge in [-0.1, -0.05) is 24.3 Å². The fraction of sp³-hybridized carbons (Fsp3) is 0.120. The highest BCUT2D eigenvalue weighted by atomic mass is 19.1. The van der Waals surface area contributed by atoms with Crippen LogP contribution in [0.2, 0.25) is 0 Å². The molecule has 3 aromatic carbocycles. The molecule has 0 fully saturated rings. The molecule has 35 heavy (non-hydrogen) atoms. The minimum atomic E-state index is -0.932. The van der Waals surface area contributed by atoms with E-state index in [2.05, 4.69) is 10.6 Å². The highest BCUT2D eigenvalue weighted by Gasteiger charge is 2.19. The van der Waals surface area contributed by atoms with Crippen LogP contribution in [0, 0.1) is 11.6 Å². The number of ether oxygens (including phenoxy) is 2. The van der Waals surface area contributed by atoms with Crippen molar-refractivity contribution in [2.75, 3.05) is 23.8 Å². The summed E-state index contributed by atoms with van der Waals surface area (Å²) in [5, 5.41) is 4.74. The molecule has 2 amide bonds. The molecule has 0 aliphatic heterocycles. The Bertz CT molecular complexity index is 1280. The third kappa shape index (κ3) is 6.94. The summed E-state index contributed by atoms with van der Waals surface area (Å²) in [7, 11) is 0. The predicted molar refractivity (Wildman–Crippen MR) is 122 cm³/mol. The molecular weight excluding hydrogens is 462 g/mol. The number of amides is 2. The molecule has 3 aromatic rings. The number of hydrogen-bond acceptors (Lipinski definition) is 6. The second kappa shape index (κ2) is 11.5. The summed E-state index contributed by atoms with van der Waals surface area (Å²) in [5.41, 5.74) is -0.236. The van der Waals surface area contributed by atoms with Crippen molar-refractivity contribution < 1.29 is 37.4 Å². The van der Waals surface area contributed by atoms with E-state index in [1.807, 2.05) is 0 Å². The van der Waals surface area contributed by atoms with E-state index in [1.165, 1.54) is 55.5 Å². The Balaban J connectivity index is 1.59. The predicted octanol–water partition coefficient (Wildman–Crippen LogP) is 3.98. The van der Waals surface area contributed by atoms with Crippen molar-refractivity contribution in [1.29, 1.82) is 0 Å². The number of esters is 1. The molecule has 0 unspecified atom stereocenters. The van der Waals surface area contributed by atoms with Gasteiger partial charge in [0.2, 0.25) is 11.7 Å². The van der Waals surface area contributed by atoms with Crippen LogP contribution in [0.5, 0.6) is 5.75 Å². The van der Waals surface area contributed by atoms with E-state index in [1.54, 1.807) is 12.1 Å². The maximum absolute atomic E-state index is 14.2. The van der Waals surface area contributed by atoms with Crippen LogP contribution in [0.3, 0.4) is 0 Å². The number of hydrogen-bond donors (Lipinski definition) is 2. The number of ketones is 1. The summed E-state index contributed by atoms with van der Waals surface area (Å²) in [4.78, 5) is 48.0. The van der Waals surface area contributed by atoms with Crippen molar-refractivity contribution in [3.05, 3.63) is 89.5 Å². The number of halogens is 2. The summed E-state index contributed by atoms with van der Waals surface area (Å²) >= 11 is 0. The Morgan fingerprint density at radius 2 is 1.51 bits per heavy atom. The maximum atomic E-state index is 14.2. The molecule has 0 radical (unpaired) electrons. The topological polar surface area (TPSA) is 111 Å². The first-order valence-electron chi connectivity index (χ1n) is 10.3. The molecule has 180 valence electrons. The SMILES string of the molecule is CC(=O)Nc1ccc(C(=O)COC(=O)c2ccccc2OCC(=O)Nc2ccccc2F)c(F)c1. The average molecular weight is 482 g/mol. The Morgan fingerprint density at radius 1 is 0.800 bits per heavy atom. The van der Waals surface area contributed by atoms with Gasteiger partial charge < -0.3 is 20.1 Å². The monoisotopic (exact) mass is 482 g/mol. The van der Waals surface area contributed by atoms with Crippen molar-refractivity contribution in [2.24, 2.45) is 0 Å². The molecule has 0 aliphatic carbocycles. The minimum absolute atomic E-state index is 0.000488. The number of Topliss-reactive ketones (excluding diaryl/α,β-unsaturated/α-hetero) is 1. The van der Waals surface area contributed by atoms with E-state index in [-0.39, 0.29) is 28.3 Å². The summed E-state index contributed by atoms with van der Waals surface area (Å²) in [6.07, 6.45) is 0. The number of carbonyl (C=O) groups is 4. The molecule has 0 heterocycles. The highest BCUT2D eigenvalue weighted by Crippen LogP contribution is 2.20. The summed E-state index contributed by atoms with van der Waals surface area (Å²) in [5.74, 6) is -4.29. The van der Waals surface area contributed by atoms with Gasteiger partial charge in [-0.05, 0) is 42.5 Å². The fourth-order valence-corrected chi connectivity index (χ4v) is 2.96. The quantitative estimate of drug-likeness (QED) is 0.353. The lowest BCUT2D eigenvalue weighted by atomic mass is 10.1. The smallest absolute Gasteiger partial charge is 0.342 e. The first-order chi connectivity index (χ1) is 16.7. The second-order valence-corrected chi connectivity index (χ2v) is 7.19. The molecule has 2 N–H and O–H groups in total. The van der Waals surface area contributed by atoms with Crippen molar-refractivity contribution >= 4 is 34.9 Å². The van der Waals surface area contributed by atoms with Crippen LogP contribution in [0.1, 0.15) is 27.6 Å². The van der Waals surface area contributed by atoms with E-state index in [9.17, 15) is 28.0 Å². The molecule has 0 spiro atoms. The van der Waals surface area contributed by atoms with E-state index in [0.29, 0.717) is 0 Å². The molecule has 3 rings (SSSR count). The number of carbonyl (C=O) groups excluding carboxylic acids is 4. The molecule has 0 aromatic heterocycles. The van der Waals surface area contributed by atoms with E-state index < -0.39 is 48.4 Å². The Hall–Kier alpha value is -4.60. The van der Waals surface area contributed by atoms with Crippen molar-refractivity contribution in [3.8, 4) is 5.75 Å². The van der Waals surface area contributed by atoms with Crippen molar-refractivity contribution in [1.82, 2.24) is 0 Å². The van der Waals surface area contributed by atoms with Crippen LogP contribution >= 0.6 is 0 Å². The van der Waals surface area contributed by atoms with Gasteiger partial charge in [0, 0.05) is 12.6 Å². The summed E-state index contributed by atoms with van der Waals surface area (Å²) in [6, 6.07) is 14.9. The zero-order valence-electron chi connectivity index (χ0n) is 18.5. The Labute approximate surface area is 198 Å². The third-order valence-electron chi connectivity index (χ3n) is 4.54. The standard InChI is InChI=1S/C25H20F2N2O6/c1-15(30)28-16-10-11-17(20(27)12-16)22(31)13-35-25(33)18-6-2-5-9-23(18)34-14-24(32)29-21-8-4-3-7-19(21)26/h2-12H,13-14H2,1H3,(H,28,30)(H,29,32). The van der Waals surface area contributed by atoms with E-state index in [4.69, 9.17) is 9.47 Å². The molecule has 0 saturated carbocycles. The lowest BCUT2D eigenvalue weighted by molar-refractivity contribution is -0.118. The molecule has 10 heteroatoms. The summed E-state index contributed by atoms with van der Waals surface area (Å²) < 4.78 is 38.3. The van der Waals surface area contributed by atoms with Gasteiger partial charge in [0.25, 0.3) is 5.91 Å². The first-order valence-corrected chi connectivity index (χ1v) is 10.3. The lowest BCUT2D eigenvalue weighted by Gasteiger charge is -2.12. The molecule has 0 aliphatic rings.